The quantitative estimate of drug-likeness (QED) is 0.0661. The second-order valence-electron chi connectivity index (χ2n) is 12.7. The van der Waals surface area contributed by atoms with E-state index in [4.69, 9.17) is 0 Å². The van der Waals surface area contributed by atoms with Gasteiger partial charge < -0.3 is 9.80 Å². The molecule has 4 heterocycles. The molecule has 0 saturated carbocycles. The fourth-order valence-electron chi connectivity index (χ4n) is 6.58. The summed E-state index contributed by atoms with van der Waals surface area (Å²) < 4.78 is 4.74. The van der Waals surface area contributed by atoms with Crippen LogP contribution in [0.4, 0.5) is 22.7 Å². The van der Waals surface area contributed by atoms with Crippen LogP contribution in [0.15, 0.2) is 166 Å². The maximum Gasteiger partial charge on any atom is 0.271 e. The first-order chi connectivity index (χ1) is 25.6. The van der Waals surface area contributed by atoms with Gasteiger partial charge in [0.15, 0.2) is 25.5 Å². The molecule has 0 amide bonds. The Kier molecular flexibility index (Phi) is 10.6. The van der Waals surface area contributed by atoms with E-state index in [9.17, 15) is 0 Å². The number of nitrogens with zero attached hydrogens (tertiary/aromatic N) is 4. The average Bonchev–Trinajstić information content (AvgIpc) is 3.90. The third-order valence-electron chi connectivity index (χ3n) is 9.37. The summed E-state index contributed by atoms with van der Waals surface area (Å²) in [5.74, 6) is 2.14. The van der Waals surface area contributed by atoms with Gasteiger partial charge >= 0.3 is 0 Å². The number of benzene rings is 4. The van der Waals surface area contributed by atoms with Crippen LogP contribution in [0.3, 0.4) is 0 Å². The summed E-state index contributed by atoms with van der Waals surface area (Å²) in [6, 6.07) is 48.3. The van der Waals surface area contributed by atoms with Gasteiger partial charge in [-0.05, 0) is 71.4 Å². The SMILES string of the molecule is CN(c1ccccc1)c1cc[n+](Cc2ccc(SCCSc3ccc(C[n+]4ccc(N(C)c5ccccc5)c5ccsc54)cc3)cc2)c2sccc12. The van der Waals surface area contributed by atoms with Crippen LogP contribution in [-0.2, 0) is 13.1 Å². The summed E-state index contributed by atoms with van der Waals surface area (Å²) in [6.07, 6.45) is 4.45. The Labute approximate surface area is 322 Å². The third kappa shape index (κ3) is 7.62. The molecule has 0 unspecified atom stereocenters. The average molecular weight is 753 g/mol. The molecular weight excluding hydrogens is 713 g/mol. The molecule has 4 aromatic carbocycles. The van der Waals surface area contributed by atoms with Crippen molar-refractivity contribution in [2.24, 2.45) is 0 Å². The lowest BCUT2D eigenvalue weighted by Gasteiger charge is -2.19. The van der Waals surface area contributed by atoms with Crippen LogP contribution < -0.4 is 18.9 Å². The molecule has 0 spiro atoms. The Hall–Kier alpha value is -4.60. The fourth-order valence-corrected chi connectivity index (χ4v) is 10.2. The van der Waals surface area contributed by atoms with Crippen molar-refractivity contribution in [1.82, 2.24) is 0 Å². The Morgan fingerprint density at radius 3 is 1.29 bits per heavy atom. The number of thiophene rings is 2. The van der Waals surface area contributed by atoms with Gasteiger partial charge in [0.2, 0.25) is 0 Å². The van der Waals surface area contributed by atoms with Crippen molar-refractivity contribution in [3.8, 4) is 0 Å². The van der Waals surface area contributed by atoms with Gasteiger partial charge in [-0.15, -0.1) is 23.5 Å². The van der Waals surface area contributed by atoms with Crippen LogP contribution in [0.25, 0.3) is 20.4 Å². The largest absolute Gasteiger partial charge is 0.344 e. The van der Waals surface area contributed by atoms with Gasteiger partial charge in [0.05, 0.1) is 22.1 Å². The molecule has 258 valence electrons. The smallest absolute Gasteiger partial charge is 0.271 e. The molecule has 0 aliphatic rings. The monoisotopic (exact) mass is 752 g/mol. The number of para-hydroxylation sites is 2. The van der Waals surface area contributed by atoms with Crippen molar-refractivity contribution in [3.05, 3.63) is 168 Å². The summed E-state index contributed by atoms with van der Waals surface area (Å²) in [6.45, 7) is 1.72. The molecule has 0 aliphatic heterocycles. The van der Waals surface area contributed by atoms with Gasteiger partial charge in [-0.3, -0.25) is 0 Å². The molecule has 0 aliphatic carbocycles. The van der Waals surface area contributed by atoms with Crippen LogP contribution in [0.5, 0.6) is 0 Å². The number of fused-ring (bicyclic) bond motifs is 2. The van der Waals surface area contributed by atoms with Gasteiger partial charge in [0.25, 0.3) is 9.66 Å². The minimum Gasteiger partial charge on any atom is -0.344 e. The molecule has 0 saturated heterocycles. The number of aromatic nitrogens is 2. The highest BCUT2D eigenvalue weighted by Gasteiger charge is 2.19. The summed E-state index contributed by atoms with van der Waals surface area (Å²) in [4.78, 5) is 9.78. The van der Waals surface area contributed by atoms with Crippen molar-refractivity contribution in [3.63, 3.8) is 0 Å². The van der Waals surface area contributed by atoms with Gasteiger partial charge in [-0.2, -0.15) is 9.13 Å². The zero-order valence-electron chi connectivity index (χ0n) is 29.3. The molecule has 52 heavy (non-hydrogen) atoms. The Balaban J connectivity index is 0.833. The van der Waals surface area contributed by atoms with E-state index < -0.39 is 0 Å². The molecule has 8 heteroatoms. The van der Waals surface area contributed by atoms with Gasteiger partial charge in [-0.25, -0.2) is 0 Å². The summed E-state index contributed by atoms with van der Waals surface area (Å²) in [5, 5.41) is 6.97. The third-order valence-corrected chi connectivity index (χ3v) is 13.6. The standard InChI is InChI=1S/C44H40N4S4/c1-45(35-9-5-3-6-10-35)41-21-25-47(43-39(41)23-27-51-43)31-33-13-17-37(18-14-33)49-29-30-50-38-19-15-34(16-20-38)32-48-26-22-42(40-24-28-52-44(40)48)46(2)36-11-7-4-8-12-36/h3-28H,29-32H2,1-2H3/q+2. The van der Waals surface area contributed by atoms with Crippen molar-refractivity contribution >= 4 is 89.4 Å². The molecule has 0 bridgehead atoms. The van der Waals surface area contributed by atoms with Crippen LogP contribution in [0, 0.1) is 0 Å². The highest BCUT2D eigenvalue weighted by Crippen LogP contribution is 2.33. The summed E-state index contributed by atoms with van der Waals surface area (Å²) >= 11 is 7.48. The summed E-state index contributed by atoms with van der Waals surface area (Å²) in [7, 11) is 4.29. The Morgan fingerprint density at radius 1 is 0.481 bits per heavy atom. The first kappa shape index (κ1) is 34.5. The van der Waals surface area contributed by atoms with Gasteiger partial charge in [0.1, 0.15) is 0 Å². The molecule has 0 radical (unpaired) electrons. The lowest BCUT2D eigenvalue weighted by atomic mass is 10.2. The minimum absolute atomic E-state index is 0.858. The number of thioether (sulfide) groups is 2. The first-order valence-electron chi connectivity index (χ1n) is 17.4. The highest BCUT2D eigenvalue weighted by atomic mass is 32.2. The van der Waals surface area contributed by atoms with Crippen molar-refractivity contribution in [2.75, 3.05) is 35.4 Å². The molecular formula is C44H40N4S4+2. The zero-order chi connectivity index (χ0) is 35.3. The minimum atomic E-state index is 0.858. The van der Waals surface area contributed by atoms with E-state index >= 15 is 0 Å². The molecule has 4 nitrogen and oxygen atoms in total. The van der Waals surface area contributed by atoms with E-state index in [-0.39, 0.29) is 0 Å². The maximum absolute atomic E-state index is 2.37. The number of rotatable bonds is 13. The molecule has 0 atom stereocenters. The van der Waals surface area contributed by atoms with E-state index in [0.717, 1.165) is 24.6 Å². The van der Waals surface area contributed by atoms with Crippen LogP contribution in [0.1, 0.15) is 11.1 Å². The second-order valence-corrected chi connectivity index (χ2v) is 16.8. The molecule has 8 rings (SSSR count). The fraction of sp³-hybridized carbons (Fsp3) is 0.136. The predicted octanol–water partition coefficient (Wildman–Crippen LogP) is 11.2. The molecule has 0 fully saturated rings. The summed E-state index contributed by atoms with van der Waals surface area (Å²) in [5.41, 5.74) is 7.47. The topological polar surface area (TPSA) is 14.2 Å². The molecule has 4 aromatic heterocycles. The van der Waals surface area contributed by atoms with Gasteiger partial charge in [0, 0.05) is 70.0 Å². The number of anilines is 4. The van der Waals surface area contributed by atoms with Crippen LogP contribution >= 0.6 is 46.2 Å². The normalized spacial score (nSPS) is 11.3. The van der Waals surface area contributed by atoms with E-state index in [1.807, 2.05) is 23.5 Å². The van der Waals surface area contributed by atoms with Crippen LogP contribution in [0.2, 0.25) is 0 Å². The lowest BCUT2D eigenvalue weighted by Crippen LogP contribution is -2.34. The predicted molar refractivity (Wildman–Crippen MR) is 226 cm³/mol. The number of hydrogen-bond donors (Lipinski definition) is 0. The zero-order valence-corrected chi connectivity index (χ0v) is 32.5. The number of hydrogen-bond acceptors (Lipinski definition) is 6. The Morgan fingerprint density at radius 2 is 0.885 bits per heavy atom. The number of pyridine rings is 2. The van der Waals surface area contributed by atoms with Crippen molar-refractivity contribution in [2.45, 2.75) is 22.9 Å². The van der Waals surface area contributed by atoms with Crippen LogP contribution in [-0.4, -0.2) is 25.6 Å². The highest BCUT2D eigenvalue weighted by molar-refractivity contribution is 8.03. The first-order valence-corrected chi connectivity index (χ1v) is 21.1. The van der Waals surface area contributed by atoms with E-state index in [2.05, 4.69) is 190 Å². The molecule has 8 aromatic rings. The van der Waals surface area contributed by atoms with E-state index in [1.54, 1.807) is 22.7 Å². The maximum atomic E-state index is 2.37. The van der Waals surface area contributed by atoms with Crippen molar-refractivity contribution < 1.29 is 9.13 Å². The van der Waals surface area contributed by atoms with Crippen molar-refractivity contribution in [1.29, 1.82) is 0 Å². The molecule has 0 N–H and O–H groups in total. The lowest BCUT2D eigenvalue weighted by molar-refractivity contribution is -0.660. The Bertz CT molecular complexity index is 2220. The van der Waals surface area contributed by atoms with E-state index in [1.165, 1.54) is 64.1 Å². The van der Waals surface area contributed by atoms with E-state index in [0.29, 0.717) is 0 Å². The second kappa shape index (κ2) is 16.0. The van der Waals surface area contributed by atoms with Gasteiger partial charge in [-0.1, -0.05) is 83.3 Å².